The highest BCUT2D eigenvalue weighted by molar-refractivity contribution is 5.89. The highest BCUT2D eigenvalue weighted by Crippen LogP contribution is 2.08. The lowest BCUT2D eigenvalue weighted by molar-refractivity contribution is -0.699. The Balaban J connectivity index is 0.00000361. The Bertz CT molecular complexity index is 382. The number of rotatable bonds is 10. The van der Waals surface area contributed by atoms with Crippen molar-refractivity contribution in [1.29, 1.82) is 0 Å². The van der Waals surface area contributed by atoms with Crippen molar-refractivity contribution >= 4 is 5.91 Å². The quantitative estimate of drug-likeness (QED) is 0.479. The second-order valence-corrected chi connectivity index (χ2v) is 5.12. The predicted octanol–water partition coefficient (Wildman–Crippen LogP) is 0.218. The summed E-state index contributed by atoms with van der Waals surface area (Å²) in [5.41, 5.74) is 5.96. The van der Waals surface area contributed by atoms with Crippen molar-refractivity contribution in [2.45, 2.75) is 64.8 Å². The van der Waals surface area contributed by atoms with Gasteiger partial charge >= 0.3 is 5.91 Å². The van der Waals surface area contributed by atoms with Crippen LogP contribution in [0.15, 0.2) is 24.4 Å². The van der Waals surface area contributed by atoms with Gasteiger partial charge in [-0.2, -0.15) is 4.57 Å². The van der Waals surface area contributed by atoms with Crippen LogP contribution >= 0.6 is 0 Å². The summed E-state index contributed by atoms with van der Waals surface area (Å²) in [6, 6.07) is 5.58. The van der Waals surface area contributed by atoms with E-state index in [4.69, 9.17) is 5.73 Å². The first kappa shape index (κ1) is 19.1. The molecule has 1 aromatic heterocycles. The molecule has 1 heterocycles. The first-order chi connectivity index (χ1) is 9.25. The molecule has 0 saturated carbocycles. The van der Waals surface area contributed by atoms with Crippen molar-refractivity contribution in [2.24, 2.45) is 5.73 Å². The van der Waals surface area contributed by atoms with Crippen LogP contribution in [0.25, 0.3) is 0 Å². The number of carbonyl (C=O) groups is 1. The molecule has 0 unspecified atom stereocenters. The minimum atomic E-state index is -0.347. The predicted molar refractivity (Wildman–Crippen MR) is 77.8 cm³/mol. The molecule has 0 aromatic carbocycles. The van der Waals surface area contributed by atoms with E-state index in [2.05, 4.69) is 6.92 Å². The van der Waals surface area contributed by atoms with Gasteiger partial charge in [-0.1, -0.05) is 45.4 Å². The molecule has 0 aliphatic rings. The van der Waals surface area contributed by atoms with Crippen molar-refractivity contribution in [2.75, 3.05) is 0 Å². The van der Waals surface area contributed by atoms with Crippen LogP contribution in [0.4, 0.5) is 0 Å². The smallest absolute Gasteiger partial charge is 0.313 e. The first-order valence-electron chi connectivity index (χ1n) is 7.54. The maximum absolute atomic E-state index is 11.3. The van der Waals surface area contributed by atoms with Crippen molar-refractivity contribution in [3.8, 4) is 0 Å². The van der Waals surface area contributed by atoms with Crippen LogP contribution in [0, 0.1) is 0 Å². The summed E-state index contributed by atoms with van der Waals surface area (Å²) in [6.45, 7) is 3.13. The molecule has 0 aliphatic heterocycles. The molecule has 2 N–H and O–H groups in total. The molecule has 3 nitrogen and oxygen atoms in total. The molecule has 1 amide bonds. The Kier molecular flexibility index (Phi) is 11.4. The van der Waals surface area contributed by atoms with Gasteiger partial charge in [0.05, 0.1) is 0 Å². The lowest BCUT2D eigenvalue weighted by atomic mass is 10.1. The summed E-state index contributed by atoms with van der Waals surface area (Å²) < 4.78 is 1.96. The van der Waals surface area contributed by atoms with Crippen LogP contribution in [0.2, 0.25) is 0 Å². The SMILES string of the molecule is CCCCCCCCCC[n+]1ccccc1C(N)=O.[Br-]. The zero-order valence-electron chi connectivity index (χ0n) is 12.5. The van der Waals surface area contributed by atoms with Crippen molar-refractivity contribution < 1.29 is 26.3 Å². The molecular weight excluding hydrogens is 316 g/mol. The molecule has 1 aromatic rings. The van der Waals surface area contributed by atoms with E-state index < -0.39 is 0 Å². The fraction of sp³-hybridized carbons (Fsp3) is 0.625. The monoisotopic (exact) mass is 342 g/mol. The number of amides is 1. The summed E-state index contributed by atoms with van der Waals surface area (Å²) in [6.07, 6.45) is 12.3. The zero-order valence-corrected chi connectivity index (χ0v) is 14.1. The molecule has 0 aliphatic carbocycles. The van der Waals surface area contributed by atoms with Crippen LogP contribution in [0.1, 0.15) is 68.8 Å². The lowest BCUT2D eigenvalue weighted by Gasteiger charge is -2.02. The highest BCUT2D eigenvalue weighted by atomic mass is 79.9. The van der Waals surface area contributed by atoms with Gasteiger partial charge in [0, 0.05) is 18.6 Å². The molecular formula is C16H27BrN2O. The van der Waals surface area contributed by atoms with E-state index in [1.807, 2.05) is 22.9 Å². The fourth-order valence-electron chi connectivity index (χ4n) is 2.31. The van der Waals surface area contributed by atoms with Crippen molar-refractivity contribution in [3.05, 3.63) is 30.1 Å². The van der Waals surface area contributed by atoms with Crippen LogP contribution in [-0.2, 0) is 6.54 Å². The average molecular weight is 343 g/mol. The fourth-order valence-corrected chi connectivity index (χ4v) is 2.31. The minimum Gasteiger partial charge on any atom is -1.00 e. The number of pyridine rings is 1. The van der Waals surface area contributed by atoms with Gasteiger partial charge in [-0.3, -0.25) is 4.79 Å². The molecule has 4 heteroatoms. The molecule has 0 spiro atoms. The van der Waals surface area contributed by atoms with Crippen LogP contribution in [0.3, 0.4) is 0 Å². The summed E-state index contributed by atoms with van der Waals surface area (Å²) >= 11 is 0. The van der Waals surface area contributed by atoms with Gasteiger partial charge in [-0.05, 0) is 12.5 Å². The molecule has 114 valence electrons. The molecule has 0 saturated heterocycles. The third kappa shape index (κ3) is 7.63. The Labute approximate surface area is 133 Å². The van der Waals surface area contributed by atoms with E-state index in [0.29, 0.717) is 5.69 Å². The number of primary amides is 1. The van der Waals surface area contributed by atoms with Gasteiger partial charge in [0.25, 0.3) is 5.69 Å². The number of unbranched alkanes of at least 4 members (excludes halogenated alkanes) is 7. The van der Waals surface area contributed by atoms with Gasteiger partial charge in [-0.25, -0.2) is 0 Å². The first-order valence-corrected chi connectivity index (χ1v) is 7.54. The van der Waals surface area contributed by atoms with E-state index in [0.717, 1.165) is 13.0 Å². The largest absolute Gasteiger partial charge is 1.00 e. The number of nitrogens with zero attached hydrogens (tertiary/aromatic N) is 1. The van der Waals surface area contributed by atoms with Crippen LogP contribution < -0.4 is 27.3 Å². The number of aromatic nitrogens is 1. The number of nitrogens with two attached hydrogens (primary N) is 1. The van der Waals surface area contributed by atoms with Gasteiger partial charge in [0.1, 0.15) is 6.54 Å². The number of hydrogen-bond donors (Lipinski definition) is 1. The van der Waals surface area contributed by atoms with E-state index >= 15 is 0 Å². The zero-order chi connectivity index (χ0) is 13.9. The topological polar surface area (TPSA) is 47.0 Å². The second-order valence-electron chi connectivity index (χ2n) is 5.12. The maximum atomic E-state index is 11.3. The standard InChI is InChI=1S/C16H26N2O.BrH/c1-2-3-4-5-6-7-8-10-13-18-14-11-9-12-15(18)16(17)19;/h9,11-12,14H,2-8,10,13H2,1H3,(H-,17,19);1H. The number of carbonyl (C=O) groups excluding carboxylic acids is 1. The summed E-state index contributed by atoms with van der Waals surface area (Å²) in [5.74, 6) is -0.347. The number of aryl methyl sites for hydroxylation is 1. The van der Waals surface area contributed by atoms with Gasteiger partial charge in [-0.15, -0.1) is 0 Å². The molecule has 0 radical (unpaired) electrons. The van der Waals surface area contributed by atoms with Gasteiger partial charge in [0.2, 0.25) is 0 Å². The average Bonchev–Trinajstić information content (AvgIpc) is 2.42. The Hall–Kier alpha value is -0.900. The summed E-state index contributed by atoms with van der Waals surface area (Å²) in [4.78, 5) is 11.3. The maximum Gasteiger partial charge on any atom is 0.313 e. The summed E-state index contributed by atoms with van der Waals surface area (Å²) in [7, 11) is 0. The third-order valence-electron chi connectivity index (χ3n) is 3.45. The van der Waals surface area contributed by atoms with Gasteiger partial charge < -0.3 is 22.7 Å². The van der Waals surface area contributed by atoms with Crippen molar-refractivity contribution in [1.82, 2.24) is 0 Å². The molecule has 0 fully saturated rings. The van der Waals surface area contributed by atoms with E-state index in [1.54, 1.807) is 6.07 Å². The van der Waals surface area contributed by atoms with E-state index in [-0.39, 0.29) is 22.9 Å². The van der Waals surface area contributed by atoms with Gasteiger partial charge in [0.15, 0.2) is 6.20 Å². The molecule has 0 atom stereocenters. The third-order valence-corrected chi connectivity index (χ3v) is 3.45. The Morgan fingerprint density at radius 2 is 1.65 bits per heavy atom. The second kappa shape index (κ2) is 11.9. The molecule has 0 bridgehead atoms. The summed E-state index contributed by atoms with van der Waals surface area (Å²) in [5, 5.41) is 0. The Morgan fingerprint density at radius 3 is 2.25 bits per heavy atom. The normalized spacial score (nSPS) is 10.1. The van der Waals surface area contributed by atoms with Crippen molar-refractivity contribution in [3.63, 3.8) is 0 Å². The van der Waals surface area contributed by atoms with Crippen LogP contribution in [0.5, 0.6) is 0 Å². The van der Waals surface area contributed by atoms with Crippen LogP contribution in [-0.4, -0.2) is 5.91 Å². The van der Waals surface area contributed by atoms with E-state index in [9.17, 15) is 4.79 Å². The van der Waals surface area contributed by atoms with E-state index in [1.165, 1.54) is 44.9 Å². The number of hydrogen-bond acceptors (Lipinski definition) is 1. The molecule has 1 rings (SSSR count). The Morgan fingerprint density at radius 1 is 1.05 bits per heavy atom. The lowest BCUT2D eigenvalue weighted by Crippen LogP contribution is -3.00. The minimum absolute atomic E-state index is 0. The number of halogens is 1. The highest BCUT2D eigenvalue weighted by Gasteiger charge is 2.13. The molecule has 20 heavy (non-hydrogen) atoms.